The fourth-order valence-electron chi connectivity index (χ4n) is 2.88. The van der Waals surface area contributed by atoms with Gasteiger partial charge >= 0.3 is 0 Å². The van der Waals surface area contributed by atoms with Crippen molar-refractivity contribution in [2.75, 3.05) is 19.8 Å². The zero-order chi connectivity index (χ0) is 19.2. The highest BCUT2D eigenvalue weighted by Crippen LogP contribution is 2.32. The van der Waals surface area contributed by atoms with Crippen molar-refractivity contribution in [2.24, 2.45) is 0 Å². The number of ether oxygens (including phenoxy) is 4. The van der Waals surface area contributed by atoms with Gasteiger partial charge in [0.05, 0.1) is 19.3 Å². The molecule has 1 amide bonds. The summed E-state index contributed by atoms with van der Waals surface area (Å²) in [5.41, 5.74) is 0.924. The average Bonchev–Trinajstić information content (AvgIpc) is 2.69. The van der Waals surface area contributed by atoms with E-state index in [0.717, 1.165) is 5.56 Å². The number of para-hydroxylation sites is 2. The molecular formula is C21H25NO5. The summed E-state index contributed by atoms with van der Waals surface area (Å²) in [6.45, 7) is 7.05. The van der Waals surface area contributed by atoms with Crippen LogP contribution in [0.25, 0.3) is 0 Å². The predicted molar refractivity (Wildman–Crippen MR) is 102 cm³/mol. The van der Waals surface area contributed by atoms with Gasteiger partial charge in [-0.05, 0) is 50.6 Å². The van der Waals surface area contributed by atoms with Crippen molar-refractivity contribution in [1.82, 2.24) is 5.32 Å². The molecule has 0 radical (unpaired) electrons. The molecule has 0 aromatic heterocycles. The lowest BCUT2D eigenvalue weighted by Gasteiger charge is -2.27. The van der Waals surface area contributed by atoms with Crippen LogP contribution in [0.3, 0.4) is 0 Å². The van der Waals surface area contributed by atoms with E-state index in [0.29, 0.717) is 36.2 Å². The van der Waals surface area contributed by atoms with Gasteiger partial charge in [0.15, 0.2) is 23.0 Å². The van der Waals surface area contributed by atoms with E-state index in [9.17, 15) is 4.79 Å². The van der Waals surface area contributed by atoms with Crippen LogP contribution < -0.4 is 24.3 Å². The molecule has 1 aliphatic heterocycles. The van der Waals surface area contributed by atoms with Crippen molar-refractivity contribution in [3.63, 3.8) is 0 Å². The van der Waals surface area contributed by atoms with Gasteiger partial charge in [-0.25, -0.2) is 0 Å². The molecule has 0 aliphatic carbocycles. The average molecular weight is 371 g/mol. The molecule has 0 spiro atoms. The summed E-state index contributed by atoms with van der Waals surface area (Å²) in [5.74, 6) is 2.38. The van der Waals surface area contributed by atoms with Crippen molar-refractivity contribution in [3.8, 4) is 23.0 Å². The molecule has 2 atom stereocenters. The number of hydrogen-bond acceptors (Lipinski definition) is 5. The summed E-state index contributed by atoms with van der Waals surface area (Å²) in [4.78, 5) is 12.6. The lowest BCUT2D eigenvalue weighted by atomic mass is 10.1. The van der Waals surface area contributed by atoms with Crippen LogP contribution >= 0.6 is 0 Å². The maximum atomic E-state index is 12.6. The van der Waals surface area contributed by atoms with Gasteiger partial charge in [0.25, 0.3) is 5.91 Å². The maximum Gasteiger partial charge on any atom is 0.265 e. The van der Waals surface area contributed by atoms with Crippen molar-refractivity contribution in [2.45, 2.75) is 32.9 Å². The summed E-state index contributed by atoms with van der Waals surface area (Å²) < 4.78 is 22.6. The maximum absolute atomic E-state index is 12.6. The third-order valence-corrected chi connectivity index (χ3v) is 4.23. The van der Waals surface area contributed by atoms with Crippen molar-refractivity contribution in [1.29, 1.82) is 0 Å². The number of carbonyl (C=O) groups excluding carboxylic acids is 1. The number of carbonyl (C=O) groups is 1. The Bertz CT molecular complexity index is 792. The Balaban J connectivity index is 1.67. The normalized spacial score (nSPS) is 16.3. The Morgan fingerprint density at radius 1 is 1.11 bits per heavy atom. The van der Waals surface area contributed by atoms with E-state index in [-0.39, 0.29) is 18.6 Å². The second-order valence-electron chi connectivity index (χ2n) is 6.17. The van der Waals surface area contributed by atoms with Crippen LogP contribution in [-0.2, 0) is 4.79 Å². The van der Waals surface area contributed by atoms with E-state index in [1.54, 1.807) is 6.07 Å². The summed E-state index contributed by atoms with van der Waals surface area (Å²) >= 11 is 0. The first-order chi connectivity index (χ1) is 13.1. The zero-order valence-corrected chi connectivity index (χ0v) is 15.9. The van der Waals surface area contributed by atoms with Crippen molar-refractivity contribution >= 4 is 5.91 Å². The molecule has 1 heterocycles. The fourth-order valence-corrected chi connectivity index (χ4v) is 2.88. The van der Waals surface area contributed by atoms with Crippen molar-refractivity contribution in [3.05, 3.63) is 48.0 Å². The van der Waals surface area contributed by atoms with Crippen LogP contribution in [0.2, 0.25) is 0 Å². The molecule has 6 nitrogen and oxygen atoms in total. The Labute approximate surface area is 159 Å². The molecule has 2 aromatic rings. The van der Waals surface area contributed by atoms with E-state index in [4.69, 9.17) is 18.9 Å². The van der Waals surface area contributed by atoms with Crippen LogP contribution in [0.15, 0.2) is 42.5 Å². The number of amides is 1. The van der Waals surface area contributed by atoms with Gasteiger partial charge in [-0.1, -0.05) is 18.2 Å². The molecule has 0 unspecified atom stereocenters. The highest BCUT2D eigenvalue weighted by molar-refractivity contribution is 5.82. The Hall–Kier alpha value is -2.89. The summed E-state index contributed by atoms with van der Waals surface area (Å²) in [5, 5.41) is 2.98. The largest absolute Gasteiger partial charge is 0.490 e. The molecule has 0 saturated heterocycles. The minimum atomic E-state index is -0.684. The second-order valence-corrected chi connectivity index (χ2v) is 6.17. The first-order valence-electron chi connectivity index (χ1n) is 9.20. The molecule has 0 fully saturated rings. The lowest BCUT2D eigenvalue weighted by molar-refractivity contribution is -0.131. The fraction of sp³-hybridized carbons (Fsp3) is 0.381. The molecule has 3 rings (SSSR count). The Kier molecular flexibility index (Phi) is 6.06. The van der Waals surface area contributed by atoms with Gasteiger partial charge in [-0.15, -0.1) is 0 Å². The van der Waals surface area contributed by atoms with E-state index >= 15 is 0 Å². The smallest absolute Gasteiger partial charge is 0.265 e. The van der Waals surface area contributed by atoms with E-state index in [1.165, 1.54) is 0 Å². The second kappa shape index (κ2) is 8.66. The van der Waals surface area contributed by atoms with Gasteiger partial charge in [0.2, 0.25) is 6.10 Å². The van der Waals surface area contributed by atoms with Gasteiger partial charge in [0.1, 0.15) is 6.61 Å². The topological polar surface area (TPSA) is 66.0 Å². The first kappa shape index (κ1) is 18.9. The lowest BCUT2D eigenvalue weighted by Crippen LogP contribution is -2.44. The summed E-state index contributed by atoms with van der Waals surface area (Å²) in [6.07, 6.45) is -0.684. The molecular weight excluding hydrogens is 346 g/mol. The molecule has 27 heavy (non-hydrogen) atoms. The van der Waals surface area contributed by atoms with Gasteiger partial charge < -0.3 is 24.3 Å². The predicted octanol–water partition coefficient (Wildman–Crippen LogP) is 3.50. The SMILES string of the molecule is CCOc1ccc([C@@H](C)NC(=O)[C@H]2COc3ccccc3O2)cc1OCC. The van der Waals surface area contributed by atoms with Crippen molar-refractivity contribution < 1.29 is 23.7 Å². The molecule has 144 valence electrons. The number of fused-ring (bicyclic) bond motifs is 1. The van der Waals surface area contributed by atoms with Gasteiger partial charge in [-0.3, -0.25) is 4.79 Å². The van der Waals surface area contributed by atoms with Crippen LogP contribution in [0.4, 0.5) is 0 Å². The van der Waals surface area contributed by atoms with Crippen LogP contribution in [0.1, 0.15) is 32.4 Å². The van der Waals surface area contributed by atoms with Crippen LogP contribution in [0, 0.1) is 0 Å². The third-order valence-electron chi connectivity index (χ3n) is 4.23. The van der Waals surface area contributed by atoms with Crippen LogP contribution in [0.5, 0.6) is 23.0 Å². The highest BCUT2D eigenvalue weighted by Gasteiger charge is 2.28. The number of benzene rings is 2. The number of rotatable bonds is 7. The molecule has 1 aliphatic rings. The molecule has 1 N–H and O–H groups in total. The molecule has 2 aromatic carbocycles. The number of nitrogens with one attached hydrogen (secondary N) is 1. The van der Waals surface area contributed by atoms with Gasteiger partial charge in [-0.2, -0.15) is 0 Å². The minimum absolute atomic E-state index is 0.184. The first-order valence-corrected chi connectivity index (χ1v) is 9.20. The monoisotopic (exact) mass is 371 g/mol. The van der Waals surface area contributed by atoms with E-state index in [1.807, 2.05) is 57.2 Å². The Morgan fingerprint density at radius 2 is 1.81 bits per heavy atom. The zero-order valence-electron chi connectivity index (χ0n) is 15.9. The van der Waals surface area contributed by atoms with E-state index in [2.05, 4.69) is 5.32 Å². The molecule has 0 saturated carbocycles. The minimum Gasteiger partial charge on any atom is -0.490 e. The summed E-state index contributed by atoms with van der Waals surface area (Å²) in [6, 6.07) is 12.8. The third kappa shape index (κ3) is 4.45. The number of hydrogen-bond donors (Lipinski definition) is 1. The standard InChI is InChI=1S/C21H25NO5/c1-4-24-17-11-10-15(12-19(17)25-5-2)14(3)22-21(23)20-13-26-16-8-6-7-9-18(16)27-20/h6-12,14,20H,4-5,13H2,1-3H3,(H,22,23)/t14-,20-/m1/s1. The quantitative estimate of drug-likeness (QED) is 0.807. The molecule has 0 bridgehead atoms. The summed E-state index contributed by atoms with van der Waals surface area (Å²) in [7, 11) is 0. The Morgan fingerprint density at radius 3 is 2.56 bits per heavy atom. The molecule has 6 heteroatoms. The van der Waals surface area contributed by atoms with Crippen LogP contribution in [-0.4, -0.2) is 31.8 Å². The van der Waals surface area contributed by atoms with Gasteiger partial charge in [0, 0.05) is 0 Å². The highest BCUT2D eigenvalue weighted by atomic mass is 16.6. The van der Waals surface area contributed by atoms with E-state index < -0.39 is 6.10 Å².